The fraction of sp³-hybridized carbons (Fsp3) is 0.0270. The van der Waals surface area contributed by atoms with Crippen molar-refractivity contribution in [3.8, 4) is 0 Å². The Morgan fingerprint density at radius 3 is 2.00 bits per heavy atom. The van der Waals surface area contributed by atoms with E-state index in [-0.39, 0.29) is 11.6 Å². The molecule has 0 aliphatic carbocycles. The van der Waals surface area contributed by atoms with Crippen molar-refractivity contribution in [2.45, 2.75) is 10.1 Å². The largest absolute Gasteiger partial charge is 0.366 e. The normalized spacial score (nSPS) is 11.6. The van der Waals surface area contributed by atoms with Gasteiger partial charge in [0, 0.05) is 31.9 Å². The smallest absolute Gasteiger partial charge is 0.272 e. The zero-order chi connectivity index (χ0) is 33.2. The van der Waals surface area contributed by atoms with Crippen molar-refractivity contribution in [1.82, 2.24) is 5.32 Å². The average molecular weight is 706 g/mol. The van der Waals surface area contributed by atoms with Crippen molar-refractivity contribution >= 4 is 68.8 Å². The molecule has 0 bridgehead atoms. The molecule has 0 aromatic heterocycles. The molecule has 5 rings (SSSR count). The summed E-state index contributed by atoms with van der Waals surface area (Å²) in [5, 5.41) is 7.90. The van der Waals surface area contributed by atoms with Gasteiger partial charge in [-0.2, -0.15) is 0 Å². The summed E-state index contributed by atoms with van der Waals surface area (Å²) in [6.45, 7) is 0. The number of rotatable bonds is 11. The SMILES string of the molecule is NC(=O)c1ccc(NC(=O)C(Sc2cccc(NC(=O)/C(=C/c3ccc(Br)cc3)NC(=O)c3ccccc3)c2)c2ccccc2)cc1. The fourth-order valence-electron chi connectivity index (χ4n) is 4.48. The van der Waals surface area contributed by atoms with Crippen molar-refractivity contribution in [2.75, 3.05) is 10.6 Å². The van der Waals surface area contributed by atoms with E-state index in [4.69, 9.17) is 5.73 Å². The second-order valence-electron chi connectivity index (χ2n) is 10.3. The van der Waals surface area contributed by atoms with Gasteiger partial charge in [0.15, 0.2) is 0 Å². The Morgan fingerprint density at radius 2 is 1.34 bits per heavy atom. The van der Waals surface area contributed by atoms with E-state index in [0.29, 0.717) is 22.5 Å². The first-order chi connectivity index (χ1) is 22.7. The van der Waals surface area contributed by atoms with E-state index in [0.717, 1.165) is 20.5 Å². The first-order valence-corrected chi connectivity index (χ1v) is 16.1. The van der Waals surface area contributed by atoms with Crippen molar-refractivity contribution < 1.29 is 19.2 Å². The maximum Gasteiger partial charge on any atom is 0.272 e. The Labute approximate surface area is 284 Å². The minimum atomic E-state index is -0.643. The summed E-state index contributed by atoms with van der Waals surface area (Å²) in [7, 11) is 0. The lowest BCUT2D eigenvalue weighted by molar-refractivity contribution is -0.116. The van der Waals surface area contributed by atoms with E-state index in [1.54, 1.807) is 72.8 Å². The van der Waals surface area contributed by atoms with Crippen LogP contribution in [0.4, 0.5) is 11.4 Å². The molecule has 8 nitrogen and oxygen atoms in total. The van der Waals surface area contributed by atoms with Gasteiger partial charge in [-0.1, -0.05) is 82.7 Å². The lowest BCUT2D eigenvalue weighted by Gasteiger charge is -2.18. The number of nitrogens with two attached hydrogens (primary N) is 1. The predicted octanol–water partition coefficient (Wildman–Crippen LogP) is 7.43. The summed E-state index contributed by atoms with van der Waals surface area (Å²) in [6, 6.07) is 38.8. The van der Waals surface area contributed by atoms with Gasteiger partial charge < -0.3 is 21.7 Å². The number of anilines is 2. The van der Waals surface area contributed by atoms with Gasteiger partial charge in [-0.05, 0) is 83.9 Å². The van der Waals surface area contributed by atoms with E-state index >= 15 is 0 Å². The second-order valence-corrected chi connectivity index (χ2v) is 12.3. The van der Waals surface area contributed by atoms with Crippen molar-refractivity contribution in [1.29, 1.82) is 0 Å². The lowest BCUT2D eigenvalue weighted by Crippen LogP contribution is -2.30. The van der Waals surface area contributed by atoms with Crippen molar-refractivity contribution in [3.63, 3.8) is 0 Å². The van der Waals surface area contributed by atoms with Crippen LogP contribution in [-0.4, -0.2) is 23.6 Å². The molecule has 1 unspecified atom stereocenters. The minimum Gasteiger partial charge on any atom is -0.366 e. The molecule has 4 amide bonds. The predicted molar refractivity (Wildman–Crippen MR) is 190 cm³/mol. The number of hydrogen-bond acceptors (Lipinski definition) is 5. The van der Waals surface area contributed by atoms with Gasteiger partial charge in [0.25, 0.3) is 11.8 Å². The quantitative estimate of drug-likeness (QED) is 0.0839. The first-order valence-electron chi connectivity index (χ1n) is 14.4. The number of thioether (sulfide) groups is 1. The lowest BCUT2D eigenvalue weighted by atomic mass is 10.1. The maximum atomic E-state index is 13.6. The summed E-state index contributed by atoms with van der Waals surface area (Å²) in [4.78, 5) is 52.3. The van der Waals surface area contributed by atoms with Gasteiger partial charge in [-0.3, -0.25) is 19.2 Å². The number of carbonyl (C=O) groups is 4. The number of amides is 4. The van der Waals surface area contributed by atoms with E-state index in [1.807, 2.05) is 66.7 Å². The third-order valence-corrected chi connectivity index (χ3v) is 8.61. The van der Waals surface area contributed by atoms with Crippen LogP contribution in [0, 0.1) is 0 Å². The number of nitrogens with one attached hydrogen (secondary N) is 3. The molecule has 0 saturated heterocycles. The van der Waals surface area contributed by atoms with Crippen LogP contribution in [0.5, 0.6) is 0 Å². The third-order valence-electron chi connectivity index (χ3n) is 6.83. The van der Waals surface area contributed by atoms with E-state index in [1.165, 1.54) is 11.8 Å². The molecule has 0 saturated carbocycles. The minimum absolute atomic E-state index is 0.0584. The average Bonchev–Trinajstić information content (AvgIpc) is 3.09. The molecule has 10 heteroatoms. The van der Waals surface area contributed by atoms with Gasteiger partial charge in [-0.15, -0.1) is 11.8 Å². The topological polar surface area (TPSA) is 130 Å². The zero-order valence-electron chi connectivity index (χ0n) is 24.9. The fourth-order valence-corrected chi connectivity index (χ4v) is 5.82. The molecule has 1 atom stereocenters. The molecule has 0 aliphatic heterocycles. The number of halogens is 1. The molecule has 0 aliphatic rings. The van der Waals surface area contributed by atoms with Crippen molar-refractivity contribution in [2.24, 2.45) is 5.73 Å². The maximum absolute atomic E-state index is 13.6. The summed E-state index contributed by atoms with van der Waals surface area (Å²) in [6.07, 6.45) is 1.60. The highest BCUT2D eigenvalue weighted by Crippen LogP contribution is 2.37. The van der Waals surface area contributed by atoms with Gasteiger partial charge >= 0.3 is 0 Å². The van der Waals surface area contributed by atoms with Crippen LogP contribution in [0.15, 0.2) is 149 Å². The monoisotopic (exact) mass is 704 g/mol. The van der Waals surface area contributed by atoms with E-state index in [2.05, 4.69) is 31.9 Å². The highest BCUT2D eigenvalue weighted by molar-refractivity contribution is 9.10. The molecular formula is C37H29BrN4O4S. The molecule has 0 fully saturated rings. The highest BCUT2D eigenvalue weighted by Gasteiger charge is 2.23. The molecule has 5 aromatic rings. The molecule has 0 spiro atoms. The Kier molecular flexibility index (Phi) is 11.0. The van der Waals surface area contributed by atoms with Gasteiger partial charge in [0.2, 0.25) is 11.8 Å². The highest BCUT2D eigenvalue weighted by atomic mass is 79.9. The Hall–Kier alpha value is -5.45. The van der Waals surface area contributed by atoms with Crippen LogP contribution in [0.3, 0.4) is 0 Å². The van der Waals surface area contributed by atoms with Crippen LogP contribution in [-0.2, 0) is 9.59 Å². The van der Waals surface area contributed by atoms with Crippen LogP contribution in [0.2, 0.25) is 0 Å². The molecular weight excluding hydrogens is 676 g/mol. The number of carbonyl (C=O) groups excluding carboxylic acids is 4. The van der Waals surface area contributed by atoms with Gasteiger partial charge in [0.1, 0.15) is 10.9 Å². The molecule has 47 heavy (non-hydrogen) atoms. The number of benzene rings is 5. The molecule has 5 N–H and O–H groups in total. The summed E-state index contributed by atoms with van der Waals surface area (Å²) >= 11 is 4.73. The zero-order valence-corrected chi connectivity index (χ0v) is 27.3. The van der Waals surface area contributed by atoms with E-state index in [9.17, 15) is 19.2 Å². The molecule has 0 radical (unpaired) electrons. The third kappa shape index (κ3) is 9.29. The van der Waals surface area contributed by atoms with Crippen LogP contribution in [0.25, 0.3) is 6.08 Å². The Morgan fingerprint density at radius 1 is 0.681 bits per heavy atom. The Bertz CT molecular complexity index is 1920. The van der Waals surface area contributed by atoms with Gasteiger partial charge in [-0.25, -0.2) is 0 Å². The molecule has 234 valence electrons. The van der Waals surface area contributed by atoms with Crippen LogP contribution >= 0.6 is 27.7 Å². The first kappa shape index (κ1) is 32.9. The van der Waals surface area contributed by atoms with Gasteiger partial charge in [0.05, 0.1) is 0 Å². The summed E-state index contributed by atoms with van der Waals surface area (Å²) in [5.74, 6) is -1.77. The van der Waals surface area contributed by atoms with Crippen LogP contribution in [0.1, 0.15) is 37.1 Å². The standard InChI is InChI=1S/C37H29BrN4O4S/c38-28-18-14-24(15-19-28)22-32(42-35(44)27-10-5-2-6-11-27)36(45)41-30-12-7-13-31(23-30)47-33(25-8-3-1-4-9-25)37(46)40-29-20-16-26(17-21-29)34(39)43/h1-23,33H,(H2,39,43)(H,40,46)(H,41,45)(H,42,44)/b32-22-. The van der Waals surface area contributed by atoms with Crippen molar-refractivity contribution in [3.05, 3.63) is 166 Å². The Balaban J connectivity index is 1.36. The molecule has 5 aromatic carbocycles. The number of primary amides is 1. The number of hydrogen-bond donors (Lipinski definition) is 4. The summed E-state index contributed by atoms with van der Waals surface area (Å²) < 4.78 is 0.881. The molecule has 0 heterocycles. The van der Waals surface area contributed by atoms with Crippen LogP contribution < -0.4 is 21.7 Å². The second kappa shape index (κ2) is 15.7. The van der Waals surface area contributed by atoms with E-state index < -0.39 is 23.0 Å². The summed E-state index contributed by atoms with van der Waals surface area (Å²) in [5.41, 5.74) is 8.64.